The Bertz CT molecular complexity index is 533. The number of aromatic nitrogens is 2. The highest BCUT2D eigenvalue weighted by Gasteiger charge is 2.14. The van der Waals surface area contributed by atoms with Crippen LogP contribution in [0.15, 0.2) is 24.8 Å². The number of carbonyl (C=O) groups is 1. The van der Waals surface area contributed by atoms with Crippen molar-refractivity contribution < 1.29 is 9.63 Å². The van der Waals surface area contributed by atoms with Crippen molar-refractivity contribution in [2.45, 2.75) is 6.92 Å². The maximum absolute atomic E-state index is 11.9. The number of amides is 1. The minimum absolute atomic E-state index is 0.171. The third-order valence-electron chi connectivity index (χ3n) is 2.54. The summed E-state index contributed by atoms with van der Waals surface area (Å²) in [6.45, 7) is 1.89. The molecule has 0 aromatic carbocycles. The predicted molar refractivity (Wildman–Crippen MR) is 59.0 cm³/mol. The van der Waals surface area contributed by atoms with Crippen molar-refractivity contribution >= 4 is 11.4 Å². The molecule has 0 saturated carbocycles. The molecule has 0 aliphatic carbocycles. The summed E-state index contributed by atoms with van der Waals surface area (Å²) in [6.07, 6.45) is 5.18. The lowest BCUT2D eigenvalue weighted by Gasteiger charge is -2.15. The molecule has 2 aromatic heterocycles. The highest BCUT2D eigenvalue weighted by molar-refractivity contribution is 5.95. The lowest BCUT2D eigenvalue weighted by molar-refractivity contribution is -0.0757. The van der Waals surface area contributed by atoms with Crippen molar-refractivity contribution in [2.75, 3.05) is 14.2 Å². The lowest BCUT2D eigenvalue weighted by Crippen LogP contribution is -2.26. The Balaban J connectivity index is 2.51. The van der Waals surface area contributed by atoms with Crippen LogP contribution in [0.4, 0.5) is 0 Å². The molecular formula is C11H13N3O2. The second kappa shape index (κ2) is 3.94. The fourth-order valence-corrected chi connectivity index (χ4v) is 1.55. The molecule has 0 spiro atoms. The Hall–Kier alpha value is -1.88. The molecule has 0 atom stereocenters. The van der Waals surface area contributed by atoms with E-state index < -0.39 is 0 Å². The van der Waals surface area contributed by atoms with Crippen molar-refractivity contribution in [3.8, 4) is 0 Å². The van der Waals surface area contributed by atoms with E-state index in [2.05, 4.69) is 4.98 Å². The molecule has 16 heavy (non-hydrogen) atoms. The van der Waals surface area contributed by atoms with Gasteiger partial charge in [-0.05, 0) is 18.6 Å². The van der Waals surface area contributed by atoms with E-state index in [0.717, 1.165) is 11.1 Å². The summed E-state index contributed by atoms with van der Waals surface area (Å²) in [5, 5.41) is 1.20. The van der Waals surface area contributed by atoms with E-state index in [4.69, 9.17) is 4.84 Å². The van der Waals surface area contributed by atoms with Gasteiger partial charge in [-0.15, -0.1) is 0 Å². The molecule has 0 bridgehead atoms. The molecule has 5 heteroatoms. The summed E-state index contributed by atoms with van der Waals surface area (Å²) < 4.78 is 1.81. The van der Waals surface area contributed by atoms with Gasteiger partial charge in [0.1, 0.15) is 0 Å². The zero-order valence-corrected chi connectivity index (χ0v) is 9.47. The number of imidazole rings is 1. The first-order valence-corrected chi connectivity index (χ1v) is 4.88. The van der Waals surface area contributed by atoms with Crippen LogP contribution in [0.25, 0.3) is 5.52 Å². The van der Waals surface area contributed by atoms with Gasteiger partial charge in [0.25, 0.3) is 5.91 Å². The van der Waals surface area contributed by atoms with Crippen LogP contribution < -0.4 is 0 Å². The molecule has 1 amide bonds. The van der Waals surface area contributed by atoms with Crippen LogP contribution in [0.1, 0.15) is 15.9 Å². The van der Waals surface area contributed by atoms with Crippen LogP contribution in [0.3, 0.4) is 0 Å². The summed E-state index contributed by atoms with van der Waals surface area (Å²) >= 11 is 0. The molecule has 0 N–H and O–H groups in total. The van der Waals surface area contributed by atoms with Crippen molar-refractivity contribution in [1.82, 2.24) is 14.4 Å². The van der Waals surface area contributed by atoms with Crippen molar-refractivity contribution in [2.24, 2.45) is 0 Å². The van der Waals surface area contributed by atoms with Crippen LogP contribution in [0.5, 0.6) is 0 Å². The SMILES string of the molecule is CON(C)C(=O)c1cn2cncc2cc1C. The van der Waals surface area contributed by atoms with Gasteiger partial charge in [-0.3, -0.25) is 9.63 Å². The highest BCUT2D eigenvalue weighted by atomic mass is 16.7. The average molecular weight is 219 g/mol. The van der Waals surface area contributed by atoms with Gasteiger partial charge in [0.05, 0.1) is 30.7 Å². The van der Waals surface area contributed by atoms with E-state index in [0.29, 0.717) is 5.56 Å². The van der Waals surface area contributed by atoms with Crippen molar-refractivity contribution in [1.29, 1.82) is 0 Å². The number of aryl methyl sites for hydroxylation is 1. The van der Waals surface area contributed by atoms with E-state index >= 15 is 0 Å². The number of nitrogens with zero attached hydrogens (tertiary/aromatic N) is 3. The number of hydrogen-bond donors (Lipinski definition) is 0. The van der Waals surface area contributed by atoms with Crippen LogP contribution in [-0.2, 0) is 4.84 Å². The van der Waals surface area contributed by atoms with Gasteiger partial charge < -0.3 is 4.40 Å². The highest BCUT2D eigenvalue weighted by Crippen LogP contribution is 2.13. The summed E-state index contributed by atoms with van der Waals surface area (Å²) in [7, 11) is 3.04. The Labute approximate surface area is 93.2 Å². The lowest BCUT2D eigenvalue weighted by atomic mass is 10.1. The molecule has 0 radical (unpaired) electrons. The summed E-state index contributed by atoms with van der Waals surface area (Å²) in [5.41, 5.74) is 2.48. The van der Waals surface area contributed by atoms with Gasteiger partial charge in [-0.25, -0.2) is 10.0 Å². The Morgan fingerprint density at radius 3 is 3.00 bits per heavy atom. The predicted octanol–water partition coefficient (Wildman–Crippen LogP) is 1.28. The van der Waals surface area contributed by atoms with Gasteiger partial charge in [-0.2, -0.15) is 0 Å². The molecule has 0 aliphatic rings. The van der Waals surface area contributed by atoms with Crippen molar-refractivity contribution in [3.05, 3.63) is 35.9 Å². The zero-order valence-electron chi connectivity index (χ0n) is 9.47. The first-order valence-electron chi connectivity index (χ1n) is 4.88. The zero-order chi connectivity index (χ0) is 11.7. The first kappa shape index (κ1) is 10.6. The summed E-state index contributed by atoms with van der Waals surface area (Å²) in [5.74, 6) is -0.171. The molecule has 84 valence electrons. The Morgan fingerprint density at radius 1 is 1.56 bits per heavy atom. The molecule has 2 rings (SSSR count). The maximum atomic E-state index is 11.9. The molecule has 0 aliphatic heterocycles. The normalized spacial score (nSPS) is 10.7. The monoisotopic (exact) mass is 219 g/mol. The van der Waals surface area contributed by atoms with Crippen LogP contribution in [0, 0.1) is 6.92 Å². The standard InChI is InChI=1S/C11H13N3O2/c1-8-4-9-5-12-7-14(9)6-10(8)11(15)13(2)16-3/h4-7H,1-3H3. The van der Waals surface area contributed by atoms with Crippen LogP contribution in [0.2, 0.25) is 0 Å². The van der Waals surface area contributed by atoms with Crippen LogP contribution in [-0.4, -0.2) is 34.5 Å². The molecule has 2 aromatic rings. The minimum atomic E-state index is -0.171. The molecule has 0 fully saturated rings. The maximum Gasteiger partial charge on any atom is 0.278 e. The Kier molecular flexibility index (Phi) is 2.62. The van der Waals surface area contributed by atoms with E-state index in [-0.39, 0.29) is 5.91 Å². The minimum Gasteiger partial charge on any atom is -0.305 e. The number of carbonyl (C=O) groups excluding carboxylic acids is 1. The van der Waals surface area contributed by atoms with E-state index in [9.17, 15) is 4.79 Å². The smallest absolute Gasteiger partial charge is 0.278 e. The summed E-state index contributed by atoms with van der Waals surface area (Å²) in [4.78, 5) is 20.8. The molecule has 2 heterocycles. The number of pyridine rings is 1. The van der Waals surface area contributed by atoms with Gasteiger partial charge in [-0.1, -0.05) is 0 Å². The quantitative estimate of drug-likeness (QED) is 0.715. The molecular weight excluding hydrogens is 206 g/mol. The van der Waals surface area contributed by atoms with Gasteiger partial charge in [0.15, 0.2) is 0 Å². The number of hydrogen-bond acceptors (Lipinski definition) is 3. The molecule has 0 saturated heterocycles. The van der Waals surface area contributed by atoms with E-state index in [1.54, 1.807) is 25.8 Å². The molecule has 0 unspecified atom stereocenters. The Morgan fingerprint density at radius 2 is 2.31 bits per heavy atom. The topological polar surface area (TPSA) is 46.8 Å². The van der Waals surface area contributed by atoms with E-state index in [1.165, 1.54) is 12.2 Å². The van der Waals surface area contributed by atoms with Gasteiger partial charge in [0.2, 0.25) is 0 Å². The third kappa shape index (κ3) is 1.65. The fraction of sp³-hybridized carbons (Fsp3) is 0.273. The number of fused-ring (bicyclic) bond motifs is 1. The largest absolute Gasteiger partial charge is 0.305 e. The molecule has 5 nitrogen and oxygen atoms in total. The average Bonchev–Trinajstić information content (AvgIpc) is 2.72. The van der Waals surface area contributed by atoms with Crippen LogP contribution >= 0.6 is 0 Å². The first-order chi connectivity index (χ1) is 7.63. The number of hydroxylamine groups is 2. The third-order valence-corrected chi connectivity index (χ3v) is 2.54. The van der Waals surface area contributed by atoms with Gasteiger partial charge >= 0.3 is 0 Å². The fourth-order valence-electron chi connectivity index (χ4n) is 1.55. The van der Waals surface area contributed by atoms with E-state index in [1.807, 2.05) is 17.4 Å². The summed E-state index contributed by atoms with van der Waals surface area (Å²) in [6, 6.07) is 1.92. The second-order valence-electron chi connectivity index (χ2n) is 3.58. The van der Waals surface area contributed by atoms with Crippen molar-refractivity contribution in [3.63, 3.8) is 0 Å². The number of rotatable bonds is 2. The van der Waals surface area contributed by atoms with Gasteiger partial charge in [0, 0.05) is 13.2 Å². The second-order valence-corrected chi connectivity index (χ2v) is 3.58.